The van der Waals surface area contributed by atoms with Crippen molar-refractivity contribution in [3.05, 3.63) is 28.8 Å². The summed E-state index contributed by atoms with van der Waals surface area (Å²) in [7, 11) is 0. The molecule has 2 N–H and O–H groups in total. The van der Waals surface area contributed by atoms with E-state index in [-0.39, 0.29) is 6.04 Å². The average molecular weight is 260 g/mol. The lowest BCUT2D eigenvalue weighted by Crippen LogP contribution is -2.05. The smallest absolute Gasteiger partial charge is 0.137 e. The molecule has 0 aliphatic rings. The van der Waals surface area contributed by atoms with E-state index in [0.717, 1.165) is 22.8 Å². The molecule has 1 rings (SSSR count). The fourth-order valence-electron chi connectivity index (χ4n) is 1.27. The van der Waals surface area contributed by atoms with Gasteiger partial charge in [-0.1, -0.05) is 24.6 Å². The number of benzene rings is 1. The van der Waals surface area contributed by atoms with Crippen molar-refractivity contribution in [1.82, 2.24) is 0 Å². The molecule has 90 valence electrons. The van der Waals surface area contributed by atoms with Crippen LogP contribution >= 0.6 is 23.4 Å². The fourth-order valence-corrected chi connectivity index (χ4v) is 2.01. The van der Waals surface area contributed by atoms with E-state index in [0.29, 0.717) is 11.6 Å². The molecule has 0 radical (unpaired) electrons. The zero-order valence-electron chi connectivity index (χ0n) is 9.70. The molecular formula is C12H18ClNOS. The van der Waals surface area contributed by atoms with Gasteiger partial charge in [0.25, 0.3) is 0 Å². The maximum atomic E-state index is 6.10. The molecule has 0 amide bonds. The van der Waals surface area contributed by atoms with Crippen LogP contribution in [0, 0.1) is 0 Å². The molecule has 0 unspecified atom stereocenters. The van der Waals surface area contributed by atoms with E-state index >= 15 is 0 Å². The zero-order valence-corrected chi connectivity index (χ0v) is 11.3. The third-order valence-corrected chi connectivity index (χ3v) is 3.33. The minimum Gasteiger partial charge on any atom is -0.491 e. The monoisotopic (exact) mass is 259 g/mol. The van der Waals surface area contributed by atoms with Crippen LogP contribution in [0.4, 0.5) is 0 Å². The number of hydrogen-bond donors (Lipinski definition) is 1. The summed E-state index contributed by atoms with van der Waals surface area (Å²) in [5, 5.41) is 0.635. The topological polar surface area (TPSA) is 35.2 Å². The normalized spacial score (nSPS) is 12.5. The van der Waals surface area contributed by atoms with Gasteiger partial charge in [0.2, 0.25) is 0 Å². The highest BCUT2D eigenvalue weighted by Gasteiger charge is 2.05. The molecule has 4 heteroatoms. The summed E-state index contributed by atoms with van der Waals surface area (Å²) in [6.45, 7) is 4.76. The van der Waals surface area contributed by atoms with Crippen LogP contribution in [0.3, 0.4) is 0 Å². The Bertz CT molecular complexity index is 331. The van der Waals surface area contributed by atoms with Crippen LogP contribution in [0.15, 0.2) is 18.2 Å². The SMILES string of the molecule is CCSCCOc1ccc([C@@H](C)N)cc1Cl. The predicted octanol–water partition coefficient (Wildman–Crippen LogP) is 3.49. The van der Waals surface area contributed by atoms with Crippen LogP contribution < -0.4 is 10.5 Å². The van der Waals surface area contributed by atoms with E-state index in [1.807, 2.05) is 36.9 Å². The van der Waals surface area contributed by atoms with E-state index in [4.69, 9.17) is 22.1 Å². The Kier molecular flexibility index (Phi) is 6.03. The van der Waals surface area contributed by atoms with Gasteiger partial charge < -0.3 is 10.5 Å². The lowest BCUT2D eigenvalue weighted by atomic mass is 10.1. The van der Waals surface area contributed by atoms with E-state index < -0.39 is 0 Å². The Morgan fingerprint density at radius 1 is 1.50 bits per heavy atom. The first-order chi connectivity index (χ1) is 7.65. The highest BCUT2D eigenvalue weighted by molar-refractivity contribution is 7.99. The molecule has 0 aliphatic heterocycles. The summed E-state index contributed by atoms with van der Waals surface area (Å²) in [5.74, 6) is 2.84. The van der Waals surface area contributed by atoms with Crippen molar-refractivity contribution in [2.45, 2.75) is 19.9 Å². The van der Waals surface area contributed by atoms with Crippen LogP contribution in [-0.4, -0.2) is 18.1 Å². The van der Waals surface area contributed by atoms with E-state index in [2.05, 4.69) is 6.92 Å². The molecule has 1 aromatic rings. The lowest BCUT2D eigenvalue weighted by Gasteiger charge is -2.10. The first-order valence-electron chi connectivity index (χ1n) is 5.40. The number of rotatable bonds is 6. The van der Waals surface area contributed by atoms with Gasteiger partial charge in [-0.15, -0.1) is 0 Å². The van der Waals surface area contributed by atoms with Crippen molar-refractivity contribution in [3.8, 4) is 5.75 Å². The third kappa shape index (κ3) is 4.24. The Balaban J connectivity index is 2.54. The first-order valence-corrected chi connectivity index (χ1v) is 6.94. The molecule has 0 aliphatic carbocycles. The van der Waals surface area contributed by atoms with Crippen LogP contribution in [-0.2, 0) is 0 Å². The lowest BCUT2D eigenvalue weighted by molar-refractivity contribution is 0.344. The van der Waals surface area contributed by atoms with Crippen molar-refractivity contribution in [2.24, 2.45) is 5.73 Å². The van der Waals surface area contributed by atoms with Gasteiger partial charge in [-0.05, 0) is 30.4 Å². The fraction of sp³-hybridized carbons (Fsp3) is 0.500. The minimum absolute atomic E-state index is 0.00203. The second-order valence-electron chi connectivity index (χ2n) is 3.52. The molecule has 1 atom stereocenters. The number of ether oxygens (including phenoxy) is 1. The second kappa shape index (κ2) is 7.05. The van der Waals surface area contributed by atoms with Crippen LogP contribution in [0.1, 0.15) is 25.5 Å². The van der Waals surface area contributed by atoms with Crippen molar-refractivity contribution < 1.29 is 4.74 Å². The summed E-state index contributed by atoms with van der Waals surface area (Å²) in [5.41, 5.74) is 6.80. The average Bonchev–Trinajstić information content (AvgIpc) is 2.26. The number of nitrogens with two attached hydrogens (primary N) is 1. The maximum absolute atomic E-state index is 6.10. The molecule has 2 nitrogen and oxygen atoms in total. The second-order valence-corrected chi connectivity index (χ2v) is 5.32. The van der Waals surface area contributed by atoms with E-state index in [9.17, 15) is 0 Å². The number of thioether (sulfide) groups is 1. The molecule has 0 heterocycles. The van der Waals surface area contributed by atoms with E-state index in [1.54, 1.807) is 0 Å². The molecule has 0 saturated carbocycles. The molecule has 0 aromatic heterocycles. The van der Waals surface area contributed by atoms with Gasteiger partial charge in [-0.2, -0.15) is 11.8 Å². The van der Waals surface area contributed by atoms with Crippen LogP contribution in [0.2, 0.25) is 5.02 Å². The molecule has 0 spiro atoms. The molecule has 0 fully saturated rings. The van der Waals surface area contributed by atoms with Crippen LogP contribution in [0.5, 0.6) is 5.75 Å². The molecule has 0 bridgehead atoms. The highest BCUT2D eigenvalue weighted by atomic mass is 35.5. The first kappa shape index (κ1) is 13.7. The summed E-state index contributed by atoms with van der Waals surface area (Å²) < 4.78 is 5.58. The van der Waals surface area contributed by atoms with Gasteiger partial charge >= 0.3 is 0 Å². The molecular weight excluding hydrogens is 242 g/mol. The Morgan fingerprint density at radius 3 is 2.81 bits per heavy atom. The zero-order chi connectivity index (χ0) is 12.0. The standard InChI is InChI=1S/C12H18ClNOS/c1-3-16-7-6-15-12-5-4-10(9(2)14)8-11(12)13/h4-5,8-9H,3,6-7,14H2,1-2H3/t9-/m1/s1. The van der Waals surface area contributed by atoms with E-state index in [1.165, 1.54) is 0 Å². The van der Waals surface area contributed by atoms with Gasteiger partial charge in [0.05, 0.1) is 11.6 Å². The van der Waals surface area contributed by atoms with Gasteiger partial charge in [0.1, 0.15) is 5.75 Å². The summed E-state index contributed by atoms with van der Waals surface area (Å²) in [4.78, 5) is 0. The molecule has 16 heavy (non-hydrogen) atoms. The summed E-state index contributed by atoms with van der Waals surface area (Å²) >= 11 is 7.95. The summed E-state index contributed by atoms with van der Waals surface area (Å²) in [6.07, 6.45) is 0. The Morgan fingerprint density at radius 2 is 2.25 bits per heavy atom. The van der Waals surface area contributed by atoms with Gasteiger partial charge in [0.15, 0.2) is 0 Å². The van der Waals surface area contributed by atoms with Gasteiger partial charge in [-0.3, -0.25) is 0 Å². The Labute approximate surface area is 107 Å². The number of halogens is 1. The molecule has 0 saturated heterocycles. The molecule has 1 aromatic carbocycles. The highest BCUT2D eigenvalue weighted by Crippen LogP contribution is 2.27. The van der Waals surface area contributed by atoms with Crippen molar-refractivity contribution in [1.29, 1.82) is 0 Å². The Hall–Kier alpha value is -0.380. The van der Waals surface area contributed by atoms with Crippen LogP contribution in [0.25, 0.3) is 0 Å². The largest absolute Gasteiger partial charge is 0.491 e. The quantitative estimate of drug-likeness (QED) is 0.795. The maximum Gasteiger partial charge on any atom is 0.137 e. The predicted molar refractivity (Wildman–Crippen MR) is 72.5 cm³/mol. The number of hydrogen-bond acceptors (Lipinski definition) is 3. The summed E-state index contributed by atoms with van der Waals surface area (Å²) in [6, 6.07) is 5.72. The third-order valence-electron chi connectivity index (χ3n) is 2.17. The van der Waals surface area contributed by atoms with Crippen molar-refractivity contribution in [2.75, 3.05) is 18.1 Å². The van der Waals surface area contributed by atoms with Gasteiger partial charge in [-0.25, -0.2) is 0 Å². The van der Waals surface area contributed by atoms with Crippen molar-refractivity contribution in [3.63, 3.8) is 0 Å². The minimum atomic E-state index is 0.00203. The van der Waals surface area contributed by atoms with Crippen molar-refractivity contribution >= 4 is 23.4 Å². The van der Waals surface area contributed by atoms with Gasteiger partial charge in [0, 0.05) is 11.8 Å².